The highest BCUT2D eigenvalue weighted by Crippen LogP contribution is 2.35. The number of aromatic nitrogens is 2. The van der Waals surface area contributed by atoms with E-state index in [0.717, 1.165) is 12.8 Å². The minimum absolute atomic E-state index is 0.187. The summed E-state index contributed by atoms with van der Waals surface area (Å²) in [6.07, 6.45) is 6.84. The second kappa shape index (κ2) is 4.25. The summed E-state index contributed by atoms with van der Waals surface area (Å²) < 4.78 is 1.87. The van der Waals surface area contributed by atoms with Gasteiger partial charge in [-0.3, -0.25) is 9.48 Å². The molecule has 1 aliphatic rings. The molecule has 2 N–H and O–H groups in total. The predicted octanol–water partition coefficient (Wildman–Crippen LogP) is 1.04. The first kappa shape index (κ1) is 11.1. The van der Waals surface area contributed by atoms with Crippen molar-refractivity contribution < 1.29 is 9.90 Å². The second-order valence-electron chi connectivity index (χ2n) is 4.37. The van der Waals surface area contributed by atoms with Crippen LogP contribution >= 0.6 is 0 Å². The lowest BCUT2D eigenvalue weighted by Crippen LogP contribution is -2.53. The second-order valence-corrected chi connectivity index (χ2v) is 4.37. The third kappa shape index (κ3) is 1.82. The Morgan fingerprint density at radius 2 is 2.50 bits per heavy atom. The van der Waals surface area contributed by atoms with E-state index in [-0.39, 0.29) is 6.04 Å². The van der Waals surface area contributed by atoms with Crippen LogP contribution in [0.3, 0.4) is 0 Å². The smallest absolute Gasteiger partial charge is 0.323 e. The zero-order chi connectivity index (χ0) is 11.6. The molecule has 1 aliphatic carbocycles. The molecule has 2 unspecified atom stereocenters. The molecular formula is C11H17N3O2. The number of hydrogen-bond acceptors (Lipinski definition) is 3. The Hall–Kier alpha value is -1.36. The number of nitrogens with one attached hydrogen (secondary N) is 1. The van der Waals surface area contributed by atoms with Crippen molar-refractivity contribution >= 4 is 5.97 Å². The fourth-order valence-corrected chi connectivity index (χ4v) is 2.50. The zero-order valence-electron chi connectivity index (χ0n) is 9.39. The molecule has 0 spiro atoms. The van der Waals surface area contributed by atoms with Gasteiger partial charge >= 0.3 is 5.97 Å². The van der Waals surface area contributed by atoms with Crippen LogP contribution in [0.15, 0.2) is 18.5 Å². The standard InChI is InChI=1S/C11H17N3O2/c1-12-11(10(15)16)5-2-4-9(8-11)14-7-3-6-13-14/h3,6-7,9,12H,2,4-5,8H2,1H3,(H,15,16). The molecule has 1 aromatic rings. The Labute approximate surface area is 94.5 Å². The molecule has 1 saturated carbocycles. The summed E-state index contributed by atoms with van der Waals surface area (Å²) >= 11 is 0. The Kier molecular flexibility index (Phi) is 2.96. The number of nitrogens with zero attached hydrogens (tertiary/aromatic N) is 2. The molecule has 1 fully saturated rings. The minimum atomic E-state index is -0.783. The van der Waals surface area contributed by atoms with Crippen molar-refractivity contribution in [1.29, 1.82) is 0 Å². The molecule has 2 rings (SSSR count). The van der Waals surface area contributed by atoms with E-state index in [2.05, 4.69) is 10.4 Å². The lowest BCUT2D eigenvalue weighted by Gasteiger charge is -2.37. The first-order chi connectivity index (χ1) is 7.68. The summed E-state index contributed by atoms with van der Waals surface area (Å²) in [7, 11) is 1.72. The van der Waals surface area contributed by atoms with Gasteiger partial charge < -0.3 is 10.4 Å². The minimum Gasteiger partial charge on any atom is -0.480 e. The molecule has 5 nitrogen and oxygen atoms in total. The van der Waals surface area contributed by atoms with Crippen LogP contribution in [0.25, 0.3) is 0 Å². The summed E-state index contributed by atoms with van der Waals surface area (Å²) in [6.45, 7) is 0. The van der Waals surface area contributed by atoms with E-state index in [4.69, 9.17) is 0 Å². The molecule has 1 heterocycles. The van der Waals surface area contributed by atoms with E-state index < -0.39 is 11.5 Å². The molecule has 0 saturated heterocycles. The van der Waals surface area contributed by atoms with Crippen LogP contribution in [0.1, 0.15) is 31.7 Å². The van der Waals surface area contributed by atoms with Crippen LogP contribution in [0, 0.1) is 0 Å². The lowest BCUT2D eigenvalue weighted by molar-refractivity contribution is -0.146. The van der Waals surface area contributed by atoms with Crippen LogP contribution in [0.2, 0.25) is 0 Å². The number of aliphatic carboxylic acids is 1. The maximum atomic E-state index is 11.3. The number of carboxylic acid groups (broad SMARTS) is 1. The molecule has 1 aromatic heterocycles. The SMILES string of the molecule is CNC1(C(=O)O)CCCC(n2cccn2)C1. The van der Waals surface area contributed by atoms with Crippen molar-refractivity contribution in [3.05, 3.63) is 18.5 Å². The predicted molar refractivity (Wildman–Crippen MR) is 59.2 cm³/mol. The van der Waals surface area contributed by atoms with E-state index >= 15 is 0 Å². The van der Waals surface area contributed by atoms with Crippen molar-refractivity contribution in [2.75, 3.05) is 7.05 Å². The number of hydrogen-bond donors (Lipinski definition) is 2. The largest absolute Gasteiger partial charge is 0.480 e. The highest BCUT2D eigenvalue weighted by molar-refractivity contribution is 5.79. The number of carboxylic acids is 1. The normalized spacial score (nSPS) is 30.2. The van der Waals surface area contributed by atoms with Crippen LogP contribution < -0.4 is 5.32 Å². The van der Waals surface area contributed by atoms with Crippen molar-refractivity contribution in [3.8, 4) is 0 Å². The Morgan fingerprint density at radius 3 is 3.06 bits per heavy atom. The van der Waals surface area contributed by atoms with E-state index in [9.17, 15) is 9.90 Å². The Balaban J connectivity index is 2.18. The van der Waals surface area contributed by atoms with Gasteiger partial charge in [0.2, 0.25) is 0 Å². The number of likely N-dealkylation sites (N-methyl/N-ethyl adjacent to an activating group) is 1. The molecule has 2 atom stereocenters. The van der Waals surface area contributed by atoms with Gasteiger partial charge in [-0.05, 0) is 38.8 Å². The topological polar surface area (TPSA) is 67.2 Å². The molecule has 0 aliphatic heterocycles. The van der Waals surface area contributed by atoms with Gasteiger partial charge in [-0.1, -0.05) is 0 Å². The van der Waals surface area contributed by atoms with Crippen LogP contribution in [-0.4, -0.2) is 33.4 Å². The quantitative estimate of drug-likeness (QED) is 0.803. The average Bonchev–Trinajstić information content (AvgIpc) is 2.82. The summed E-state index contributed by atoms with van der Waals surface area (Å²) in [4.78, 5) is 11.3. The third-order valence-electron chi connectivity index (χ3n) is 3.51. The van der Waals surface area contributed by atoms with Gasteiger partial charge in [-0.15, -0.1) is 0 Å². The van der Waals surface area contributed by atoms with E-state index in [1.54, 1.807) is 13.2 Å². The van der Waals surface area contributed by atoms with Gasteiger partial charge in [-0.25, -0.2) is 0 Å². The monoisotopic (exact) mass is 223 g/mol. The summed E-state index contributed by atoms with van der Waals surface area (Å²) in [6, 6.07) is 2.06. The van der Waals surface area contributed by atoms with Gasteiger partial charge in [0.05, 0.1) is 6.04 Å². The van der Waals surface area contributed by atoms with Crippen LogP contribution in [0.4, 0.5) is 0 Å². The maximum Gasteiger partial charge on any atom is 0.323 e. The highest BCUT2D eigenvalue weighted by atomic mass is 16.4. The lowest BCUT2D eigenvalue weighted by atomic mass is 9.79. The Bertz CT molecular complexity index is 363. The average molecular weight is 223 g/mol. The summed E-state index contributed by atoms with van der Waals surface area (Å²) in [5.41, 5.74) is -0.783. The summed E-state index contributed by atoms with van der Waals surface area (Å²) in [5.74, 6) is -0.758. The fourth-order valence-electron chi connectivity index (χ4n) is 2.50. The fraction of sp³-hybridized carbons (Fsp3) is 0.636. The van der Waals surface area contributed by atoms with Crippen LogP contribution in [0.5, 0.6) is 0 Å². The van der Waals surface area contributed by atoms with Crippen molar-refractivity contribution in [1.82, 2.24) is 15.1 Å². The van der Waals surface area contributed by atoms with E-state index in [0.29, 0.717) is 12.8 Å². The van der Waals surface area contributed by atoms with E-state index in [1.165, 1.54) is 0 Å². The van der Waals surface area contributed by atoms with Gasteiger partial charge in [0, 0.05) is 12.4 Å². The maximum absolute atomic E-state index is 11.3. The molecular weight excluding hydrogens is 206 g/mol. The van der Waals surface area contributed by atoms with Gasteiger partial charge in [0.25, 0.3) is 0 Å². The highest BCUT2D eigenvalue weighted by Gasteiger charge is 2.42. The van der Waals surface area contributed by atoms with Crippen molar-refractivity contribution in [2.24, 2.45) is 0 Å². The zero-order valence-corrected chi connectivity index (χ0v) is 9.39. The van der Waals surface area contributed by atoms with Gasteiger partial charge in [0.1, 0.15) is 5.54 Å². The van der Waals surface area contributed by atoms with Gasteiger partial charge in [-0.2, -0.15) is 5.10 Å². The molecule has 0 radical (unpaired) electrons. The molecule has 0 aromatic carbocycles. The first-order valence-electron chi connectivity index (χ1n) is 5.59. The molecule has 5 heteroatoms. The Morgan fingerprint density at radius 1 is 1.69 bits per heavy atom. The summed E-state index contributed by atoms with van der Waals surface area (Å²) in [5, 5.41) is 16.5. The van der Waals surface area contributed by atoms with Gasteiger partial charge in [0.15, 0.2) is 0 Å². The van der Waals surface area contributed by atoms with E-state index in [1.807, 2.05) is 16.9 Å². The number of carbonyl (C=O) groups is 1. The molecule has 0 bridgehead atoms. The number of rotatable bonds is 3. The third-order valence-corrected chi connectivity index (χ3v) is 3.51. The molecule has 0 amide bonds. The van der Waals surface area contributed by atoms with Crippen LogP contribution in [-0.2, 0) is 4.79 Å². The van der Waals surface area contributed by atoms with Crippen molar-refractivity contribution in [3.63, 3.8) is 0 Å². The van der Waals surface area contributed by atoms with Crippen molar-refractivity contribution in [2.45, 2.75) is 37.3 Å². The molecule has 16 heavy (non-hydrogen) atoms. The molecule has 88 valence electrons. The first-order valence-corrected chi connectivity index (χ1v) is 5.59.